The third-order valence-corrected chi connectivity index (χ3v) is 19.4. The molecule has 0 unspecified atom stereocenters. The molecule has 13 aromatic carbocycles. The Balaban J connectivity index is 0.884. The van der Waals surface area contributed by atoms with Crippen LogP contribution in [0.5, 0.6) is 0 Å². The van der Waals surface area contributed by atoms with Crippen LogP contribution in [-0.2, 0) is 5.41 Å². The Morgan fingerprint density at radius 3 is 1.58 bits per heavy atom. The molecular weight excluding hydrogens is 1100 g/mol. The summed E-state index contributed by atoms with van der Waals surface area (Å²) in [5, 5.41) is 7.98. The van der Waals surface area contributed by atoms with Crippen molar-refractivity contribution in [3.8, 4) is 45.1 Å². The summed E-state index contributed by atoms with van der Waals surface area (Å²) in [4.78, 5) is 7.51. The Bertz CT molecular complexity index is 5560. The van der Waals surface area contributed by atoms with Gasteiger partial charge < -0.3 is 28.0 Å². The van der Waals surface area contributed by atoms with Gasteiger partial charge in [0.1, 0.15) is 34.0 Å². The van der Waals surface area contributed by atoms with Crippen molar-refractivity contribution in [1.29, 1.82) is 0 Å². The highest BCUT2D eigenvalue weighted by Crippen LogP contribution is 2.55. The monoisotopic (exact) mass is 1150 g/mol. The number of furan rings is 3. The van der Waals surface area contributed by atoms with E-state index >= 15 is 0 Å². The van der Waals surface area contributed by atoms with Crippen molar-refractivity contribution in [3.05, 3.63) is 302 Å². The Kier molecular flexibility index (Phi) is 10.8. The van der Waals surface area contributed by atoms with E-state index < -0.39 is 0 Å². The first-order valence-electron chi connectivity index (χ1n) is 31.0. The van der Waals surface area contributed by atoms with Crippen LogP contribution in [0.25, 0.3) is 99.6 Å². The van der Waals surface area contributed by atoms with E-state index in [9.17, 15) is 0 Å². The van der Waals surface area contributed by atoms with Crippen LogP contribution in [0.1, 0.15) is 25.0 Å². The largest absolute Gasteiger partial charge is 0.456 e. The molecular formula is C83H54BN3O3. The lowest BCUT2D eigenvalue weighted by molar-refractivity contribution is 0.631. The highest BCUT2D eigenvalue weighted by Gasteiger charge is 2.45. The zero-order chi connectivity index (χ0) is 59.3. The maximum Gasteiger partial charge on any atom is 0.252 e. The summed E-state index contributed by atoms with van der Waals surface area (Å²) in [6.07, 6.45) is 0. The summed E-state index contributed by atoms with van der Waals surface area (Å²) in [7, 11) is 0. The van der Waals surface area contributed by atoms with Gasteiger partial charge in [0.15, 0.2) is 0 Å². The third-order valence-electron chi connectivity index (χ3n) is 19.4. The van der Waals surface area contributed by atoms with Crippen molar-refractivity contribution < 1.29 is 13.3 Å². The lowest BCUT2D eigenvalue weighted by atomic mass is 9.33. The number of para-hydroxylation sites is 5. The average molecular weight is 1150 g/mol. The molecule has 0 fully saturated rings. The quantitative estimate of drug-likeness (QED) is 0.141. The predicted octanol–water partition coefficient (Wildman–Crippen LogP) is 21.1. The Hall–Kier alpha value is -11.5. The predicted molar refractivity (Wildman–Crippen MR) is 373 cm³/mol. The number of benzene rings is 13. The molecule has 0 N–H and O–H groups in total. The summed E-state index contributed by atoms with van der Waals surface area (Å²) in [6, 6.07) is 106. The molecule has 422 valence electrons. The zero-order valence-corrected chi connectivity index (χ0v) is 49.4. The summed E-state index contributed by atoms with van der Waals surface area (Å²) >= 11 is 0. The van der Waals surface area contributed by atoms with E-state index in [0.29, 0.717) is 0 Å². The molecule has 2 aliphatic heterocycles. The van der Waals surface area contributed by atoms with Crippen molar-refractivity contribution in [2.24, 2.45) is 0 Å². The molecule has 3 aromatic heterocycles. The fraction of sp³-hybridized carbons (Fsp3) is 0.0361. The number of anilines is 9. The molecule has 3 aliphatic rings. The topological polar surface area (TPSA) is 49.1 Å². The molecule has 0 saturated heterocycles. The van der Waals surface area contributed by atoms with Crippen LogP contribution in [0.3, 0.4) is 0 Å². The highest BCUT2D eigenvalue weighted by atomic mass is 16.3. The molecule has 0 saturated carbocycles. The number of hydrogen-bond donors (Lipinski definition) is 0. The molecule has 0 bridgehead atoms. The van der Waals surface area contributed by atoms with Gasteiger partial charge in [0.05, 0.1) is 5.69 Å². The first kappa shape index (κ1) is 50.6. The van der Waals surface area contributed by atoms with Gasteiger partial charge in [0, 0.05) is 83.8 Å². The average Bonchev–Trinajstić information content (AvgIpc) is 0.920. The summed E-state index contributed by atoms with van der Waals surface area (Å²) in [6.45, 7) is 4.64. The maximum atomic E-state index is 6.72. The molecule has 16 aromatic rings. The van der Waals surface area contributed by atoms with Crippen LogP contribution in [0.15, 0.2) is 304 Å². The standard InChI is InChI=1S/C83H54BN3O3/c1-83(2)67-39-34-51-17-6-10-25-65(51)81(67)66-38-37-63(48-68(66)83)85(62-36-33-52-41-58(32-31-53(52)42-62)79-46-56-19-8-14-29-76(56)89-79)64-49-73-82-74(50-64)87(61-24-16-21-54(43-61)78-45-55-18-7-13-28-75(55)88-78)72-44-59(80-47-57-20-9-15-30-77(57)90-80)35-40-70(72)84(82)69-26-11-12-27-71(69)86(73)60-22-4-3-5-23-60/h3-50H,1-2H3. The smallest absolute Gasteiger partial charge is 0.252 e. The molecule has 5 heterocycles. The first-order chi connectivity index (χ1) is 44.3. The molecule has 90 heavy (non-hydrogen) atoms. The summed E-state index contributed by atoms with van der Waals surface area (Å²) in [5.41, 5.74) is 23.8. The Labute approximate surface area is 520 Å². The molecule has 0 atom stereocenters. The third kappa shape index (κ3) is 7.66. The number of hydrogen-bond acceptors (Lipinski definition) is 6. The fourth-order valence-corrected chi connectivity index (χ4v) is 15.1. The van der Waals surface area contributed by atoms with Crippen LogP contribution in [0.2, 0.25) is 0 Å². The van der Waals surface area contributed by atoms with Crippen LogP contribution in [0, 0.1) is 0 Å². The van der Waals surface area contributed by atoms with Crippen molar-refractivity contribution in [2.45, 2.75) is 19.3 Å². The van der Waals surface area contributed by atoms with Crippen molar-refractivity contribution in [2.75, 3.05) is 14.7 Å². The second-order valence-electron chi connectivity index (χ2n) is 24.8. The zero-order valence-electron chi connectivity index (χ0n) is 49.4. The number of nitrogens with zero attached hydrogens (tertiary/aromatic N) is 3. The van der Waals surface area contributed by atoms with Crippen LogP contribution < -0.4 is 31.1 Å². The van der Waals surface area contributed by atoms with Crippen LogP contribution >= 0.6 is 0 Å². The molecule has 19 rings (SSSR count). The van der Waals surface area contributed by atoms with Gasteiger partial charge in [-0.1, -0.05) is 190 Å². The fourth-order valence-electron chi connectivity index (χ4n) is 15.1. The van der Waals surface area contributed by atoms with E-state index in [1.54, 1.807) is 0 Å². The van der Waals surface area contributed by atoms with Crippen molar-refractivity contribution >= 4 is 129 Å². The summed E-state index contributed by atoms with van der Waals surface area (Å²) in [5.74, 6) is 2.48. The molecule has 1 aliphatic carbocycles. The van der Waals surface area contributed by atoms with Crippen molar-refractivity contribution in [3.63, 3.8) is 0 Å². The van der Waals surface area contributed by atoms with Crippen LogP contribution in [-0.4, -0.2) is 6.71 Å². The SMILES string of the molecule is CC1(C)c2cc(N(c3cc4c5c(c3)N(c3cccc(-c6cc7ccccc7o6)c3)c3cc(-c6cc7ccccc7o6)ccc3B5c3ccccc3N4c3ccccc3)c3ccc4cc(-c5cc6ccccc6o5)ccc4c3)ccc2-c2c1ccc1ccccc21. The Morgan fingerprint density at radius 2 is 0.867 bits per heavy atom. The van der Waals surface area contributed by atoms with E-state index in [-0.39, 0.29) is 12.1 Å². The van der Waals surface area contributed by atoms with Gasteiger partial charge in [-0.05, 0) is 175 Å². The van der Waals surface area contributed by atoms with Gasteiger partial charge in [0.2, 0.25) is 0 Å². The minimum atomic E-state index is -0.293. The van der Waals surface area contributed by atoms with Gasteiger partial charge in [-0.3, -0.25) is 0 Å². The second kappa shape index (κ2) is 19.2. The number of fused-ring (bicyclic) bond motifs is 13. The first-order valence-corrected chi connectivity index (χ1v) is 31.0. The lowest BCUT2D eigenvalue weighted by Gasteiger charge is -2.45. The highest BCUT2D eigenvalue weighted by molar-refractivity contribution is 7.00. The van der Waals surface area contributed by atoms with Gasteiger partial charge >= 0.3 is 0 Å². The normalized spacial score (nSPS) is 13.5. The van der Waals surface area contributed by atoms with E-state index in [1.807, 2.05) is 36.4 Å². The van der Waals surface area contributed by atoms with Gasteiger partial charge in [-0.2, -0.15) is 0 Å². The minimum Gasteiger partial charge on any atom is -0.456 e. The van der Waals surface area contributed by atoms with E-state index in [4.69, 9.17) is 13.3 Å². The maximum absolute atomic E-state index is 6.72. The van der Waals surface area contributed by atoms with E-state index in [1.165, 1.54) is 49.4 Å². The van der Waals surface area contributed by atoms with Gasteiger partial charge in [0.25, 0.3) is 6.71 Å². The van der Waals surface area contributed by atoms with E-state index in [2.05, 4.69) is 283 Å². The second-order valence-corrected chi connectivity index (χ2v) is 24.8. The Morgan fingerprint density at radius 1 is 0.333 bits per heavy atom. The molecule has 6 nitrogen and oxygen atoms in total. The lowest BCUT2D eigenvalue weighted by Crippen LogP contribution is -2.61. The molecule has 0 spiro atoms. The van der Waals surface area contributed by atoms with E-state index in [0.717, 1.165) is 129 Å². The van der Waals surface area contributed by atoms with Gasteiger partial charge in [-0.15, -0.1) is 0 Å². The summed E-state index contributed by atoms with van der Waals surface area (Å²) < 4.78 is 19.8. The molecule has 0 amide bonds. The minimum absolute atomic E-state index is 0.140. The molecule has 7 heteroatoms. The molecule has 0 radical (unpaired) electrons. The van der Waals surface area contributed by atoms with Crippen molar-refractivity contribution in [1.82, 2.24) is 0 Å². The van der Waals surface area contributed by atoms with Crippen LogP contribution in [0.4, 0.5) is 51.2 Å². The van der Waals surface area contributed by atoms with Gasteiger partial charge in [-0.25, -0.2) is 0 Å². The number of rotatable bonds is 8.